The molecule has 1 saturated heterocycles. The van der Waals surface area contributed by atoms with Crippen LogP contribution in [0.5, 0.6) is 0 Å². The van der Waals surface area contributed by atoms with E-state index in [0.29, 0.717) is 6.04 Å². The van der Waals surface area contributed by atoms with Crippen LogP contribution in [0.1, 0.15) is 31.7 Å². The molecule has 2 aliphatic rings. The first kappa shape index (κ1) is 14.9. The van der Waals surface area contributed by atoms with Crippen LogP contribution in [0.4, 0.5) is 0 Å². The first-order valence-electron chi connectivity index (χ1n) is 7.42. The van der Waals surface area contributed by atoms with Crippen molar-refractivity contribution >= 4 is 34.3 Å². The first-order chi connectivity index (χ1) is 10.1. The summed E-state index contributed by atoms with van der Waals surface area (Å²) in [6.45, 7) is 3.02. The van der Waals surface area contributed by atoms with E-state index in [9.17, 15) is 4.79 Å². The molecule has 2 atom stereocenters. The van der Waals surface area contributed by atoms with Gasteiger partial charge in [0.1, 0.15) is 6.04 Å². The molecule has 3 nitrogen and oxygen atoms in total. The Bertz CT molecular complexity index is 558. The van der Waals surface area contributed by atoms with Gasteiger partial charge in [-0.15, -0.1) is 11.8 Å². The molecule has 0 N–H and O–H groups in total. The third-order valence-electron chi connectivity index (χ3n) is 4.11. The molecular weight excluding hydrogens is 304 g/mol. The zero-order valence-electron chi connectivity index (χ0n) is 12.1. The Morgan fingerprint density at radius 3 is 2.81 bits per heavy atom. The van der Waals surface area contributed by atoms with Gasteiger partial charge in [0.2, 0.25) is 5.91 Å². The zero-order valence-corrected chi connectivity index (χ0v) is 13.7. The van der Waals surface area contributed by atoms with E-state index < -0.39 is 0 Å². The Balaban J connectivity index is 1.72. The molecule has 21 heavy (non-hydrogen) atoms. The standard InChI is InChI=1S/C16H19ClN2OS/c1-11-4-2-3-9-19(11)16(20)14-10-21-15(18-14)12-5-7-13(17)8-6-12/h5-8,11,14H,2-4,9-10H2,1H3. The van der Waals surface area contributed by atoms with Crippen molar-refractivity contribution in [3.05, 3.63) is 34.9 Å². The van der Waals surface area contributed by atoms with E-state index in [0.717, 1.165) is 40.8 Å². The smallest absolute Gasteiger partial charge is 0.248 e. The maximum Gasteiger partial charge on any atom is 0.248 e. The lowest BCUT2D eigenvalue weighted by molar-refractivity contribution is -0.135. The topological polar surface area (TPSA) is 32.7 Å². The molecule has 1 amide bonds. The van der Waals surface area contributed by atoms with Gasteiger partial charge < -0.3 is 4.90 Å². The molecule has 1 fully saturated rings. The van der Waals surface area contributed by atoms with Crippen molar-refractivity contribution in [1.82, 2.24) is 4.90 Å². The molecule has 2 unspecified atom stereocenters. The number of carbonyl (C=O) groups is 1. The lowest BCUT2D eigenvalue weighted by Crippen LogP contribution is -2.46. The van der Waals surface area contributed by atoms with Crippen LogP contribution in [0, 0.1) is 0 Å². The summed E-state index contributed by atoms with van der Waals surface area (Å²) in [5.74, 6) is 0.943. The summed E-state index contributed by atoms with van der Waals surface area (Å²) < 4.78 is 0. The minimum Gasteiger partial charge on any atom is -0.338 e. The maximum atomic E-state index is 12.6. The predicted molar refractivity (Wildman–Crippen MR) is 89.3 cm³/mol. The number of aliphatic imine (C=N–C) groups is 1. The number of rotatable bonds is 2. The molecule has 2 heterocycles. The highest BCUT2D eigenvalue weighted by molar-refractivity contribution is 8.14. The number of hydrogen-bond donors (Lipinski definition) is 0. The summed E-state index contributed by atoms with van der Waals surface area (Å²) in [5.41, 5.74) is 1.05. The number of likely N-dealkylation sites (tertiary alicyclic amines) is 1. The van der Waals surface area contributed by atoms with E-state index in [1.54, 1.807) is 11.8 Å². The summed E-state index contributed by atoms with van der Waals surface area (Å²) in [6, 6.07) is 7.78. The van der Waals surface area contributed by atoms with Crippen molar-refractivity contribution in [2.24, 2.45) is 4.99 Å². The molecule has 5 heteroatoms. The SMILES string of the molecule is CC1CCCCN1C(=O)C1CSC(c2ccc(Cl)cc2)=N1. The monoisotopic (exact) mass is 322 g/mol. The summed E-state index contributed by atoms with van der Waals surface area (Å²) >= 11 is 7.57. The fraction of sp³-hybridized carbons (Fsp3) is 0.500. The van der Waals surface area contributed by atoms with Crippen LogP contribution in [-0.2, 0) is 4.79 Å². The van der Waals surface area contributed by atoms with E-state index in [-0.39, 0.29) is 11.9 Å². The Morgan fingerprint density at radius 1 is 1.33 bits per heavy atom. The van der Waals surface area contributed by atoms with Crippen LogP contribution in [0.25, 0.3) is 0 Å². The lowest BCUT2D eigenvalue weighted by Gasteiger charge is -2.34. The molecule has 0 spiro atoms. The molecule has 112 valence electrons. The molecule has 2 aliphatic heterocycles. The van der Waals surface area contributed by atoms with Crippen LogP contribution in [0.15, 0.2) is 29.3 Å². The number of nitrogens with zero attached hydrogens (tertiary/aromatic N) is 2. The van der Waals surface area contributed by atoms with E-state index >= 15 is 0 Å². The first-order valence-corrected chi connectivity index (χ1v) is 8.78. The minimum absolute atomic E-state index is 0.193. The summed E-state index contributed by atoms with van der Waals surface area (Å²) in [4.78, 5) is 19.3. The van der Waals surface area contributed by atoms with Gasteiger partial charge in [0.05, 0.1) is 5.04 Å². The Labute approximate surface area is 134 Å². The van der Waals surface area contributed by atoms with Gasteiger partial charge in [-0.3, -0.25) is 9.79 Å². The van der Waals surface area contributed by atoms with Crippen molar-refractivity contribution < 1.29 is 4.79 Å². The minimum atomic E-state index is -0.221. The Morgan fingerprint density at radius 2 is 2.10 bits per heavy atom. The number of amides is 1. The number of piperidine rings is 1. The highest BCUT2D eigenvalue weighted by Gasteiger charge is 2.32. The number of benzene rings is 1. The van der Waals surface area contributed by atoms with Gasteiger partial charge in [-0.25, -0.2) is 0 Å². The van der Waals surface area contributed by atoms with Gasteiger partial charge in [-0.05, 0) is 38.3 Å². The van der Waals surface area contributed by atoms with Crippen molar-refractivity contribution in [3.8, 4) is 0 Å². The van der Waals surface area contributed by atoms with Gasteiger partial charge in [-0.1, -0.05) is 23.7 Å². The van der Waals surface area contributed by atoms with Gasteiger partial charge in [0.15, 0.2) is 0 Å². The normalized spacial score (nSPS) is 25.8. The number of hydrogen-bond acceptors (Lipinski definition) is 3. The molecular formula is C16H19ClN2OS. The Hall–Kier alpha value is -1.00. The van der Waals surface area contributed by atoms with Gasteiger partial charge in [0.25, 0.3) is 0 Å². The number of halogens is 1. The van der Waals surface area contributed by atoms with Crippen molar-refractivity contribution in [3.63, 3.8) is 0 Å². The highest BCUT2D eigenvalue weighted by Crippen LogP contribution is 2.27. The molecule has 0 saturated carbocycles. The second kappa shape index (κ2) is 6.41. The molecule has 1 aromatic carbocycles. The van der Waals surface area contributed by atoms with E-state index in [1.165, 1.54) is 6.42 Å². The van der Waals surface area contributed by atoms with Crippen molar-refractivity contribution in [2.45, 2.75) is 38.3 Å². The quantitative estimate of drug-likeness (QED) is 0.833. The van der Waals surface area contributed by atoms with Crippen LogP contribution in [-0.4, -0.2) is 40.2 Å². The van der Waals surface area contributed by atoms with Crippen LogP contribution in [0.2, 0.25) is 5.02 Å². The van der Waals surface area contributed by atoms with E-state index in [1.807, 2.05) is 29.2 Å². The fourth-order valence-corrected chi connectivity index (χ4v) is 4.03. The van der Waals surface area contributed by atoms with Crippen molar-refractivity contribution in [2.75, 3.05) is 12.3 Å². The largest absolute Gasteiger partial charge is 0.338 e. The molecule has 0 bridgehead atoms. The molecule has 0 aromatic heterocycles. The van der Waals surface area contributed by atoms with Crippen molar-refractivity contribution in [1.29, 1.82) is 0 Å². The van der Waals surface area contributed by atoms with Crippen LogP contribution < -0.4 is 0 Å². The molecule has 0 aliphatic carbocycles. The average Bonchev–Trinajstić information content (AvgIpc) is 2.98. The third-order valence-corrected chi connectivity index (χ3v) is 5.46. The van der Waals surface area contributed by atoms with Crippen LogP contribution >= 0.6 is 23.4 Å². The zero-order chi connectivity index (χ0) is 14.8. The molecule has 1 aromatic rings. The second-order valence-corrected chi connectivity index (χ2v) is 7.09. The van der Waals surface area contributed by atoms with Gasteiger partial charge in [0, 0.05) is 28.9 Å². The van der Waals surface area contributed by atoms with Gasteiger partial charge >= 0.3 is 0 Å². The third kappa shape index (κ3) is 3.27. The van der Waals surface area contributed by atoms with Gasteiger partial charge in [-0.2, -0.15) is 0 Å². The summed E-state index contributed by atoms with van der Waals surface area (Å²) in [5, 5.41) is 1.67. The predicted octanol–water partition coefficient (Wildman–Crippen LogP) is 3.60. The number of carbonyl (C=O) groups excluding carboxylic acids is 1. The highest BCUT2D eigenvalue weighted by atomic mass is 35.5. The maximum absolute atomic E-state index is 12.6. The van der Waals surface area contributed by atoms with E-state index in [2.05, 4.69) is 11.9 Å². The second-order valence-electron chi connectivity index (χ2n) is 5.64. The Kier molecular flexibility index (Phi) is 4.55. The van der Waals surface area contributed by atoms with Crippen LogP contribution in [0.3, 0.4) is 0 Å². The average molecular weight is 323 g/mol. The lowest BCUT2D eigenvalue weighted by atomic mass is 10.0. The summed E-state index contributed by atoms with van der Waals surface area (Å²) in [6.07, 6.45) is 3.45. The van der Waals surface area contributed by atoms with E-state index in [4.69, 9.17) is 11.6 Å². The molecule has 3 rings (SSSR count). The number of thioether (sulfide) groups is 1. The summed E-state index contributed by atoms with van der Waals surface area (Å²) in [7, 11) is 0. The molecule has 0 radical (unpaired) electrons. The fourth-order valence-electron chi connectivity index (χ4n) is 2.87.